The van der Waals surface area contributed by atoms with Gasteiger partial charge in [-0.2, -0.15) is 0 Å². The first-order valence-electron chi connectivity index (χ1n) is 32.9. The van der Waals surface area contributed by atoms with E-state index in [1.807, 2.05) is 0 Å². The minimum Gasteiger partial charge on any atom is -0.311 e. The highest BCUT2D eigenvalue weighted by Gasteiger charge is 2.45. The van der Waals surface area contributed by atoms with Crippen molar-refractivity contribution >= 4 is 108 Å². The Labute approximate surface area is 559 Å². The van der Waals surface area contributed by atoms with Crippen LogP contribution in [0.3, 0.4) is 0 Å². The fourth-order valence-electron chi connectivity index (χ4n) is 14.8. The molecule has 0 N–H and O–H groups in total. The molecule has 0 spiro atoms. The van der Waals surface area contributed by atoms with Crippen LogP contribution in [0.15, 0.2) is 370 Å². The lowest BCUT2D eigenvalue weighted by Crippen LogP contribution is -2.61. The van der Waals surface area contributed by atoms with E-state index in [4.69, 9.17) is 0 Å². The number of para-hydroxylation sites is 7. The van der Waals surface area contributed by atoms with Crippen LogP contribution in [0, 0.1) is 0 Å². The number of anilines is 15. The Morgan fingerprint density at radius 1 is 0.232 bits per heavy atom. The molecule has 0 amide bonds. The van der Waals surface area contributed by atoms with Crippen molar-refractivity contribution in [2.75, 3.05) is 24.5 Å². The van der Waals surface area contributed by atoms with Gasteiger partial charge in [0, 0.05) is 68.2 Å². The van der Waals surface area contributed by atoms with Gasteiger partial charge in [0.15, 0.2) is 0 Å². The van der Waals surface area contributed by atoms with Crippen molar-refractivity contribution < 1.29 is 0 Å². The van der Waals surface area contributed by atoms with Gasteiger partial charge in [-0.05, 0) is 183 Å². The number of rotatable bonds is 15. The van der Waals surface area contributed by atoms with Crippen LogP contribution in [0.5, 0.6) is 0 Å². The SMILES string of the molecule is CC(C)(C)c1cc2c3c(c1)N(c1cc(N(c4ccccc4)c4ccccc4)cc(N(c4ccccc4)c4ccccc4)c1)c1cc(N(c4ccccc4)c4ccccc4)ccc1B3c1ccccc1N2c1ccc(C(c2ccccc2)(c2ccccc2)c2ccccc2)cc1. The Morgan fingerprint density at radius 2 is 0.558 bits per heavy atom. The maximum Gasteiger partial charge on any atom is 0.252 e. The Morgan fingerprint density at radius 3 is 0.947 bits per heavy atom. The van der Waals surface area contributed by atoms with Crippen LogP contribution in [0.4, 0.5) is 85.3 Å². The highest BCUT2D eigenvalue weighted by atomic mass is 15.2. The van der Waals surface area contributed by atoms with Crippen molar-refractivity contribution in [3.63, 3.8) is 0 Å². The molecule has 0 fully saturated rings. The summed E-state index contributed by atoms with van der Waals surface area (Å²) < 4.78 is 0. The fourth-order valence-corrected chi connectivity index (χ4v) is 14.8. The topological polar surface area (TPSA) is 16.2 Å². The molecule has 5 nitrogen and oxygen atoms in total. The number of nitrogens with zero attached hydrogens (tertiary/aromatic N) is 5. The number of hydrogen-bond donors (Lipinski definition) is 0. The van der Waals surface area contributed by atoms with Crippen LogP contribution in [0.2, 0.25) is 0 Å². The quantitative estimate of drug-likeness (QED) is 0.0749. The minimum absolute atomic E-state index is 0.150. The van der Waals surface area contributed by atoms with Gasteiger partial charge in [-0.1, -0.05) is 257 Å². The van der Waals surface area contributed by atoms with Crippen LogP contribution in [-0.2, 0) is 10.8 Å². The van der Waals surface area contributed by atoms with Crippen molar-refractivity contribution in [1.29, 1.82) is 0 Å². The smallest absolute Gasteiger partial charge is 0.252 e. The van der Waals surface area contributed by atoms with Gasteiger partial charge in [0.25, 0.3) is 6.71 Å². The molecule has 0 radical (unpaired) electrons. The zero-order valence-electron chi connectivity index (χ0n) is 53.5. The summed E-state index contributed by atoms with van der Waals surface area (Å²) in [6.45, 7) is 6.92. The molecular formula is C89H70BN5. The number of benzene rings is 14. The molecule has 14 aromatic rings. The maximum atomic E-state index is 2.61. The second kappa shape index (κ2) is 24.6. The Hall–Kier alpha value is -11.9. The van der Waals surface area contributed by atoms with E-state index in [9.17, 15) is 0 Å². The van der Waals surface area contributed by atoms with Crippen LogP contribution < -0.4 is 40.9 Å². The lowest BCUT2D eigenvalue weighted by molar-refractivity contribution is 0.590. The normalized spacial score (nSPS) is 12.3. The third-order valence-electron chi connectivity index (χ3n) is 19.0. The molecule has 0 unspecified atom stereocenters. The predicted octanol–water partition coefficient (Wildman–Crippen LogP) is 21.9. The van der Waals surface area contributed by atoms with E-state index in [1.54, 1.807) is 0 Å². The fraction of sp³-hybridized carbons (Fsp3) is 0.0562. The van der Waals surface area contributed by atoms with Gasteiger partial charge in [-0.3, -0.25) is 0 Å². The van der Waals surface area contributed by atoms with Crippen molar-refractivity contribution in [1.82, 2.24) is 0 Å². The molecule has 0 saturated heterocycles. The van der Waals surface area contributed by atoms with Gasteiger partial charge < -0.3 is 24.5 Å². The van der Waals surface area contributed by atoms with Crippen molar-refractivity contribution in [2.24, 2.45) is 0 Å². The van der Waals surface area contributed by atoms with E-state index < -0.39 is 5.41 Å². The molecule has 0 saturated carbocycles. The summed E-state index contributed by atoms with van der Waals surface area (Å²) in [6, 6.07) is 136. The molecule has 14 aromatic carbocycles. The Balaban J connectivity index is 0.988. The van der Waals surface area contributed by atoms with E-state index in [0.29, 0.717) is 0 Å². The van der Waals surface area contributed by atoms with Gasteiger partial charge in [0.2, 0.25) is 0 Å². The zero-order chi connectivity index (χ0) is 63.9. The van der Waals surface area contributed by atoms with E-state index in [1.165, 1.54) is 44.2 Å². The molecule has 2 aliphatic rings. The van der Waals surface area contributed by atoms with E-state index in [2.05, 4.69) is 415 Å². The molecular weight excluding hydrogens is 1150 g/mol. The maximum absolute atomic E-state index is 2.61. The lowest BCUT2D eigenvalue weighted by Gasteiger charge is -2.45. The third-order valence-corrected chi connectivity index (χ3v) is 19.0. The largest absolute Gasteiger partial charge is 0.311 e. The third kappa shape index (κ3) is 10.5. The van der Waals surface area contributed by atoms with Gasteiger partial charge in [-0.25, -0.2) is 0 Å². The van der Waals surface area contributed by atoms with Crippen molar-refractivity contribution in [2.45, 2.75) is 31.6 Å². The van der Waals surface area contributed by atoms with Crippen LogP contribution in [0.1, 0.15) is 48.6 Å². The summed E-state index contributed by atoms with van der Waals surface area (Å²) in [5, 5.41) is 0. The summed E-state index contributed by atoms with van der Waals surface area (Å²) in [5.41, 5.74) is 24.9. The molecule has 2 heterocycles. The first kappa shape index (κ1) is 58.2. The molecule has 0 aliphatic carbocycles. The predicted molar refractivity (Wildman–Crippen MR) is 402 cm³/mol. The molecule has 2 aliphatic heterocycles. The number of hydrogen-bond acceptors (Lipinski definition) is 5. The van der Waals surface area contributed by atoms with Gasteiger partial charge >= 0.3 is 0 Å². The Bertz CT molecular complexity index is 4660. The average Bonchev–Trinajstić information content (AvgIpc) is 0.699. The van der Waals surface area contributed by atoms with Crippen molar-refractivity contribution in [3.05, 3.63) is 398 Å². The summed E-state index contributed by atoms with van der Waals surface area (Å²) in [5.74, 6) is 0. The second-order valence-electron chi connectivity index (χ2n) is 25.7. The zero-order valence-corrected chi connectivity index (χ0v) is 53.5. The number of fused-ring (bicyclic) bond motifs is 4. The molecule has 0 bridgehead atoms. The monoisotopic (exact) mass is 1220 g/mol. The summed E-state index contributed by atoms with van der Waals surface area (Å²) in [6.07, 6.45) is 0. The minimum atomic E-state index is -0.612. The van der Waals surface area contributed by atoms with Gasteiger partial charge in [0.1, 0.15) is 0 Å². The highest BCUT2D eigenvalue weighted by molar-refractivity contribution is 7.00. The van der Waals surface area contributed by atoms with Crippen LogP contribution in [-0.4, -0.2) is 6.71 Å². The summed E-state index contributed by atoms with van der Waals surface area (Å²) in [4.78, 5) is 12.4. The standard InChI is InChI=1S/C89H70BN5/c1-88(2,3)69-59-85-87-86(60-69)95(80-62-78(92(72-43-23-9-24-44-72)73-45-25-10-26-46-73)61-79(63-80)93(74-47-27-11-28-48-74)75-49-29-12-30-50-75)84-64-77(91(70-39-19-7-20-40-70)71-41-21-8-22-42-71)57-58-82(84)90(87)81-51-31-32-52-83(81)94(85)76-55-53-68(54-56-76)89(65-33-13-4-14-34-65,66-35-15-5-16-36-66)67-37-17-6-18-38-67/h4-64H,1-3H3. The molecule has 6 heteroatoms. The van der Waals surface area contributed by atoms with Gasteiger partial charge in [0.05, 0.1) is 22.5 Å². The van der Waals surface area contributed by atoms with E-state index >= 15 is 0 Å². The van der Waals surface area contributed by atoms with E-state index in [-0.39, 0.29) is 12.1 Å². The van der Waals surface area contributed by atoms with Crippen LogP contribution >= 0.6 is 0 Å². The van der Waals surface area contributed by atoms with E-state index in [0.717, 1.165) is 85.3 Å². The first-order chi connectivity index (χ1) is 46.8. The summed E-state index contributed by atoms with van der Waals surface area (Å²) in [7, 11) is 0. The van der Waals surface area contributed by atoms with Gasteiger partial charge in [-0.15, -0.1) is 0 Å². The lowest BCUT2D eigenvalue weighted by atomic mass is 9.33. The summed E-state index contributed by atoms with van der Waals surface area (Å²) >= 11 is 0. The molecule has 454 valence electrons. The van der Waals surface area contributed by atoms with Crippen molar-refractivity contribution in [3.8, 4) is 0 Å². The second-order valence-corrected chi connectivity index (χ2v) is 25.7. The Kier molecular flexibility index (Phi) is 15.1. The first-order valence-corrected chi connectivity index (χ1v) is 32.9. The van der Waals surface area contributed by atoms with Crippen LogP contribution in [0.25, 0.3) is 0 Å². The molecule has 16 rings (SSSR count). The molecule has 95 heavy (non-hydrogen) atoms. The average molecular weight is 1220 g/mol. The molecule has 0 atom stereocenters. The highest BCUT2D eigenvalue weighted by Crippen LogP contribution is 2.52. The molecule has 0 aromatic heterocycles.